The van der Waals surface area contributed by atoms with Gasteiger partial charge in [0.25, 0.3) is 0 Å². The second-order valence-corrected chi connectivity index (χ2v) is 9.88. The molecule has 3 nitrogen and oxygen atoms in total. The highest BCUT2D eigenvalue weighted by Crippen LogP contribution is 2.67. The molecule has 3 heteroatoms. The average Bonchev–Trinajstić information content (AvgIpc) is 2.92. The largest absolute Gasteiger partial charge is 0.393 e. The van der Waals surface area contributed by atoms with E-state index in [4.69, 9.17) is 0 Å². The molecule has 4 aliphatic carbocycles. The Morgan fingerprint density at radius 2 is 1.67 bits per heavy atom. The summed E-state index contributed by atoms with van der Waals surface area (Å²) in [6.45, 7) is 4.57. The zero-order chi connectivity index (χ0) is 17.1. The van der Waals surface area contributed by atoms with E-state index in [0.29, 0.717) is 17.3 Å². The minimum absolute atomic E-state index is 0.0773. The first-order chi connectivity index (χ1) is 11.4. The Morgan fingerprint density at radius 3 is 2.42 bits per heavy atom. The highest BCUT2D eigenvalue weighted by molar-refractivity contribution is 5.83. The first kappa shape index (κ1) is 17.0. The molecule has 0 radical (unpaired) electrons. The lowest BCUT2D eigenvalue weighted by Gasteiger charge is -2.60. The van der Waals surface area contributed by atoms with Crippen LogP contribution >= 0.6 is 0 Å². The molecule has 4 aliphatic rings. The monoisotopic (exact) mass is 334 g/mol. The maximum absolute atomic E-state index is 12.3. The highest BCUT2D eigenvalue weighted by Gasteiger charge is 2.60. The predicted molar refractivity (Wildman–Crippen MR) is 93.3 cm³/mol. The van der Waals surface area contributed by atoms with Crippen molar-refractivity contribution in [2.75, 3.05) is 6.61 Å². The molecule has 0 aromatic heterocycles. The van der Waals surface area contributed by atoms with Gasteiger partial charge in [0.05, 0.1) is 6.10 Å². The van der Waals surface area contributed by atoms with Crippen LogP contribution in [0.25, 0.3) is 0 Å². The Morgan fingerprint density at radius 1 is 0.958 bits per heavy atom. The van der Waals surface area contributed by atoms with Gasteiger partial charge in [-0.1, -0.05) is 13.8 Å². The minimum Gasteiger partial charge on any atom is -0.393 e. The molecule has 24 heavy (non-hydrogen) atoms. The van der Waals surface area contributed by atoms with Crippen LogP contribution in [0.5, 0.6) is 0 Å². The van der Waals surface area contributed by atoms with Crippen molar-refractivity contribution in [1.29, 1.82) is 0 Å². The molecule has 2 N–H and O–H groups in total. The fourth-order valence-electron chi connectivity index (χ4n) is 7.87. The summed E-state index contributed by atoms with van der Waals surface area (Å²) in [6.07, 6.45) is 10.2. The Balaban J connectivity index is 1.60. The van der Waals surface area contributed by atoms with Gasteiger partial charge in [0.15, 0.2) is 5.78 Å². The zero-order valence-corrected chi connectivity index (χ0v) is 15.3. The van der Waals surface area contributed by atoms with Gasteiger partial charge in [0.1, 0.15) is 6.61 Å². The molecular formula is C21H34O3. The van der Waals surface area contributed by atoms with Gasteiger partial charge in [-0.15, -0.1) is 0 Å². The summed E-state index contributed by atoms with van der Waals surface area (Å²) in [5.74, 6) is 3.08. The van der Waals surface area contributed by atoms with Crippen LogP contribution in [-0.4, -0.2) is 28.7 Å². The molecule has 0 heterocycles. The molecule has 4 rings (SSSR count). The van der Waals surface area contributed by atoms with Crippen molar-refractivity contribution in [3.8, 4) is 0 Å². The maximum atomic E-state index is 12.3. The van der Waals surface area contributed by atoms with Gasteiger partial charge in [-0.2, -0.15) is 0 Å². The van der Waals surface area contributed by atoms with Crippen molar-refractivity contribution in [3.63, 3.8) is 0 Å². The minimum atomic E-state index is -0.279. The van der Waals surface area contributed by atoms with Crippen molar-refractivity contribution in [2.24, 2.45) is 40.4 Å². The van der Waals surface area contributed by atoms with Gasteiger partial charge >= 0.3 is 0 Å². The van der Waals surface area contributed by atoms with Gasteiger partial charge in [-0.3, -0.25) is 4.79 Å². The number of hydrogen-bond donors (Lipinski definition) is 2. The van der Waals surface area contributed by atoms with E-state index in [1.165, 1.54) is 32.1 Å². The molecule has 0 bridgehead atoms. The Bertz CT molecular complexity index is 517. The first-order valence-electron chi connectivity index (χ1n) is 10.2. The van der Waals surface area contributed by atoms with Crippen LogP contribution in [0.15, 0.2) is 0 Å². The van der Waals surface area contributed by atoms with E-state index in [-0.39, 0.29) is 29.8 Å². The molecule has 0 saturated heterocycles. The number of carbonyl (C=O) groups is 1. The normalized spacial score (nSPS) is 53.8. The highest BCUT2D eigenvalue weighted by atomic mass is 16.3. The topological polar surface area (TPSA) is 57.5 Å². The predicted octanol–water partition coefficient (Wildman–Crippen LogP) is 3.57. The zero-order valence-electron chi connectivity index (χ0n) is 15.3. The van der Waals surface area contributed by atoms with E-state index in [0.717, 1.165) is 37.5 Å². The molecule has 8 atom stereocenters. The lowest BCUT2D eigenvalue weighted by Crippen LogP contribution is -2.54. The molecule has 0 aromatic carbocycles. The Hall–Kier alpha value is -0.410. The molecule has 0 spiro atoms. The molecular weight excluding hydrogens is 300 g/mol. The van der Waals surface area contributed by atoms with Crippen LogP contribution in [0, 0.1) is 40.4 Å². The van der Waals surface area contributed by atoms with Gasteiger partial charge in [0, 0.05) is 5.92 Å². The van der Waals surface area contributed by atoms with Crippen LogP contribution in [0.3, 0.4) is 0 Å². The lowest BCUT2D eigenvalue weighted by molar-refractivity contribution is -0.141. The second-order valence-electron chi connectivity index (χ2n) is 9.88. The molecule has 0 aliphatic heterocycles. The van der Waals surface area contributed by atoms with Crippen molar-refractivity contribution < 1.29 is 15.0 Å². The summed E-state index contributed by atoms with van der Waals surface area (Å²) in [6, 6.07) is 0. The number of Topliss-reactive ketones (excluding diaryl/α,β-unsaturated/α-hetero) is 1. The molecule has 4 saturated carbocycles. The van der Waals surface area contributed by atoms with E-state index >= 15 is 0 Å². The third-order valence-corrected chi connectivity index (χ3v) is 9.18. The average molecular weight is 335 g/mol. The van der Waals surface area contributed by atoms with Crippen LogP contribution in [0.4, 0.5) is 0 Å². The maximum Gasteiger partial charge on any atom is 0.161 e. The standard InChI is InChI=1S/C21H34O3/c1-20-9-7-14(23)11-13(20)3-4-15-16-5-6-18(19(24)12-22)21(16,2)10-8-17(15)20/h13-18,22-23H,3-12H2,1-2H3/t13-,14+,15-,16-,17+,18+,20-,21-/m0/s1. The van der Waals surface area contributed by atoms with E-state index in [1.807, 2.05) is 0 Å². The Labute approximate surface area is 146 Å². The lowest BCUT2D eigenvalue weighted by atomic mass is 9.44. The SMILES string of the molecule is C[C@]12CC[C@@H](O)C[C@@H]1CC[C@@H]1[C@H]2CC[C@]2(C)[C@@H](C(=O)CO)CC[C@@H]12. The van der Waals surface area contributed by atoms with Gasteiger partial charge < -0.3 is 10.2 Å². The summed E-state index contributed by atoms with van der Waals surface area (Å²) in [5.41, 5.74) is 0.529. The van der Waals surface area contributed by atoms with Gasteiger partial charge in [0.2, 0.25) is 0 Å². The summed E-state index contributed by atoms with van der Waals surface area (Å²) in [5, 5.41) is 19.5. The number of hydrogen-bond acceptors (Lipinski definition) is 3. The van der Waals surface area contributed by atoms with E-state index < -0.39 is 0 Å². The summed E-state index contributed by atoms with van der Waals surface area (Å²) in [4.78, 5) is 12.3. The number of rotatable bonds is 2. The number of aliphatic hydroxyl groups excluding tert-OH is 2. The van der Waals surface area contributed by atoms with Crippen LogP contribution < -0.4 is 0 Å². The van der Waals surface area contributed by atoms with Gasteiger partial charge in [-0.05, 0) is 92.3 Å². The summed E-state index contributed by atoms with van der Waals surface area (Å²) in [7, 11) is 0. The first-order valence-corrected chi connectivity index (χ1v) is 10.2. The van der Waals surface area contributed by atoms with Gasteiger partial charge in [-0.25, -0.2) is 0 Å². The molecule has 4 fully saturated rings. The molecule has 0 amide bonds. The molecule has 0 aromatic rings. The van der Waals surface area contributed by atoms with Crippen molar-refractivity contribution in [2.45, 2.75) is 77.7 Å². The third-order valence-electron chi connectivity index (χ3n) is 9.18. The number of aliphatic hydroxyl groups is 2. The van der Waals surface area contributed by atoms with Crippen molar-refractivity contribution in [3.05, 3.63) is 0 Å². The van der Waals surface area contributed by atoms with Crippen LogP contribution in [0.2, 0.25) is 0 Å². The smallest absolute Gasteiger partial charge is 0.161 e. The number of carbonyl (C=O) groups excluding carboxylic acids is 1. The molecule has 0 unspecified atom stereocenters. The third kappa shape index (κ3) is 2.26. The summed E-state index contributed by atoms with van der Waals surface area (Å²) < 4.78 is 0. The van der Waals surface area contributed by atoms with Crippen molar-refractivity contribution in [1.82, 2.24) is 0 Å². The fourth-order valence-corrected chi connectivity index (χ4v) is 7.87. The Kier molecular flexibility index (Phi) is 4.12. The van der Waals surface area contributed by atoms with Crippen LogP contribution in [0.1, 0.15) is 71.6 Å². The number of fused-ring (bicyclic) bond motifs is 5. The molecule has 136 valence electrons. The number of ketones is 1. The van der Waals surface area contributed by atoms with Crippen molar-refractivity contribution >= 4 is 5.78 Å². The quantitative estimate of drug-likeness (QED) is 0.812. The van der Waals surface area contributed by atoms with E-state index in [1.54, 1.807) is 0 Å². The second kappa shape index (κ2) is 5.81. The summed E-state index contributed by atoms with van der Waals surface area (Å²) >= 11 is 0. The van der Waals surface area contributed by atoms with E-state index in [2.05, 4.69) is 13.8 Å². The van der Waals surface area contributed by atoms with E-state index in [9.17, 15) is 15.0 Å². The fraction of sp³-hybridized carbons (Fsp3) is 0.952. The van der Waals surface area contributed by atoms with Crippen LogP contribution in [-0.2, 0) is 4.79 Å².